The molecule has 5 nitrogen and oxygen atoms in total. The van der Waals surface area contributed by atoms with E-state index in [-0.39, 0.29) is 11.9 Å². The van der Waals surface area contributed by atoms with Crippen molar-refractivity contribution in [1.29, 1.82) is 0 Å². The molecule has 1 saturated heterocycles. The van der Waals surface area contributed by atoms with E-state index in [1.54, 1.807) is 11.3 Å². The summed E-state index contributed by atoms with van der Waals surface area (Å²) in [4.78, 5) is 12.9. The number of carbonyl (C=O) groups excluding carboxylic acids is 1. The molecule has 0 aliphatic carbocycles. The third-order valence-electron chi connectivity index (χ3n) is 4.41. The summed E-state index contributed by atoms with van der Waals surface area (Å²) < 4.78 is 12.0. The maximum Gasteiger partial charge on any atom is 0.272 e. The summed E-state index contributed by atoms with van der Waals surface area (Å²) in [6.45, 7) is 0.638. The van der Waals surface area contributed by atoms with Crippen LogP contribution in [0.2, 0.25) is 0 Å². The number of hydrogen-bond donors (Lipinski definition) is 0. The van der Waals surface area contributed by atoms with Gasteiger partial charge in [0.15, 0.2) is 0 Å². The number of amides is 1. The molecule has 1 aromatic carbocycles. The van der Waals surface area contributed by atoms with Gasteiger partial charge in [0.1, 0.15) is 17.6 Å². The topological polar surface area (TPSA) is 55.0 Å². The van der Waals surface area contributed by atoms with Crippen LogP contribution in [0, 0.1) is 0 Å². The number of halogens is 1. The first-order chi connectivity index (χ1) is 11.7. The average molecular weight is 389 g/mol. The van der Waals surface area contributed by atoms with Crippen molar-refractivity contribution in [3.8, 4) is 0 Å². The Kier molecular flexibility index (Phi) is 4.24. The minimum atomic E-state index is -0.394. The summed E-state index contributed by atoms with van der Waals surface area (Å²) in [5.41, 5.74) is 1.82. The van der Waals surface area contributed by atoms with Gasteiger partial charge < -0.3 is 9.15 Å². The van der Waals surface area contributed by atoms with Crippen LogP contribution in [0.1, 0.15) is 36.6 Å². The summed E-state index contributed by atoms with van der Waals surface area (Å²) in [5, 5.41) is 6.16. The van der Waals surface area contributed by atoms with Crippen molar-refractivity contribution in [1.82, 2.24) is 5.01 Å². The summed E-state index contributed by atoms with van der Waals surface area (Å²) in [7, 11) is 0. The van der Waals surface area contributed by atoms with Crippen molar-refractivity contribution in [2.24, 2.45) is 5.10 Å². The standard InChI is InChI=1S/C18H17BrN2O3/c19-13-6-2-1-5-12(13)15-11-14(16-7-3-9-23-16)20-21(15)18(22)17-8-4-10-24-17/h1-3,5-7,9,15,17H,4,8,10-11H2. The van der Waals surface area contributed by atoms with Gasteiger partial charge in [-0.05, 0) is 36.6 Å². The number of rotatable bonds is 3. The summed E-state index contributed by atoms with van der Waals surface area (Å²) >= 11 is 3.59. The van der Waals surface area contributed by atoms with E-state index in [1.165, 1.54) is 0 Å². The Hall–Kier alpha value is -1.92. The van der Waals surface area contributed by atoms with Gasteiger partial charge in [0.2, 0.25) is 0 Å². The first kappa shape index (κ1) is 15.6. The van der Waals surface area contributed by atoms with Gasteiger partial charge in [-0.15, -0.1) is 0 Å². The van der Waals surface area contributed by atoms with E-state index in [4.69, 9.17) is 9.15 Å². The van der Waals surface area contributed by atoms with Crippen molar-refractivity contribution in [3.63, 3.8) is 0 Å². The molecular formula is C18H17BrN2O3. The number of furan rings is 1. The number of nitrogens with zero attached hydrogens (tertiary/aromatic N) is 2. The molecule has 0 spiro atoms. The Morgan fingerprint density at radius 2 is 2.12 bits per heavy atom. The highest BCUT2D eigenvalue weighted by atomic mass is 79.9. The Balaban J connectivity index is 1.69. The molecule has 2 aliphatic rings. The van der Waals surface area contributed by atoms with Crippen molar-refractivity contribution < 1.29 is 13.9 Å². The van der Waals surface area contributed by atoms with Gasteiger partial charge in [-0.3, -0.25) is 4.79 Å². The molecule has 0 N–H and O–H groups in total. The highest BCUT2D eigenvalue weighted by Gasteiger charge is 2.39. The fourth-order valence-electron chi connectivity index (χ4n) is 3.21. The van der Waals surface area contributed by atoms with Gasteiger partial charge in [-0.2, -0.15) is 5.10 Å². The van der Waals surface area contributed by atoms with Gasteiger partial charge in [-0.25, -0.2) is 5.01 Å². The molecule has 4 rings (SSSR count). The van der Waals surface area contributed by atoms with Crippen LogP contribution >= 0.6 is 15.9 Å². The predicted octanol–water partition coefficient (Wildman–Crippen LogP) is 3.90. The molecule has 0 bridgehead atoms. The second kappa shape index (κ2) is 6.53. The molecule has 1 fully saturated rings. The van der Waals surface area contributed by atoms with E-state index in [9.17, 15) is 4.79 Å². The molecule has 0 saturated carbocycles. The fourth-order valence-corrected chi connectivity index (χ4v) is 3.76. The monoisotopic (exact) mass is 388 g/mol. The van der Waals surface area contributed by atoms with Gasteiger partial charge in [0.25, 0.3) is 5.91 Å². The molecule has 2 atom stereocenters. The molecule has 3 heterocycles. The zero-order chi connectivity index (χ0) is 16.5. The van der Waals surface area contributed by atoms with E-state index in [0.29, 0.717) is 18.8 Å². The van der Waals surface area contributed by atoms with Crippen LogP contribution in [-0.4, -0.2) is 29.3 Å². The highest BCUT2D eigenvalue weighted by molar-refractivity contribution is 9.10. The molecule has 24 heavy (non-hydrogen) atoms. The van der Waals surface area contributed by atoms with Crippen molar-refractivity contribution in [2.45, 2.75) is 31.4 Å². The molecule has 2 aromatic rings. The number of benzene rings is 1. The van der Waals surface area contributed by atoms with Gasteiger partial charge in [-0.1, -0.05) is 34.1 Å². The van der Waals surface area contributed by atoms with Crippen molar-refractivity contribution in [3.05, 3.63) is 58.5 Å². The molecule has 6 heteroatoms. The normalized spacial score (nSPS) is 23.5. The SMILES string of the molecule is O=C(C1CCCO1)N1N=C(c2ccco2)CC1c1ccccc1Br. The van der Waals surface area contributed by atoms with E-state index in [2.05, 4.69) is 21.0 Å². The average Bonchev–Trinajstić information content (AvgIpc) is 3.34. The van der Waals surface area contributed by atoms with Gasteiger partial charge in [0, 0.05) is 17.5 Å². The summed E-state index contributed by atoms with van der Waals surface area (Å²) in [6.07, 6.45) is 3.52. The lowest BCUT2D eigenvalue weighted by atomic mass is 10.0. The smallest absolute Gasteiger partial charge is 0.272 e. The van der Waals surface area contributed by atoms with Crippen LogP contribution in [0.5, 0.6) is 0 Å². The molecule has 0 radical (unpaired) electrons. The van der Waals surface area contributed by atoms with Crippen LogP contribution < -0.4 is 0 Å². The Bertz CT molecular complexity index is 766. The largest absolute Gasteiger partial charge is 0.463 e. The first-order valence-electron chi connectivity index (χ1n) is 8.04. The fraction of sp³-hybridized carbons (Fsp3) is 0.333. The minimum Gasteiger partial charge on any atom is -0.463 e. The summed E-state index contributed by atoms with van der Waals surface area (Å²) in [5.74, 6) is 0.629. The van der Waals surface area contributed by atoms with Gasteiger partial charge >= 0.3 is 0 Å². The maximum atomic E-state index is 12.9. The molecule has 1 aromatic heterocycles. The number of hydrazone groups is 1. The van der Waals surface area contributed by atoms with E-state index < -0.39 is 6.10 Å². The quantitative estimate of drug-likeness (QED) is 0.800. The Morgan fingerprint density at radius 1 is 1.25 bits per heavy atom. The van der Waals surface area contributed by atoms with E-state index in [1.807, 2.05) is 36.4 Å². The first-order valence-corrected chi connectivity index (χ1v) is 8.84. The van der Waals surface area contributed by atoms with Crippen LogP contribution in [0.4, 0.5) is 0 Å². The minimum absolute atomic E-state index is 0.0743. The lowest BCUT2D eigenvalue weighted by Crippen LogP contribution is -2.35. The molecule has 124 valence electrons. The van der Waals surface area contributed by atoms with E-state index in [0.717, 1.165) is 28.6 Å². The number of carbonyl (C=O) groups is 1. The zero-order valence-electron chi connectivity index (χ0n) is 13.0. The molecule has 2 unspecified atom stereocenters. The van der Waals surface area contributed by atoms with Crippen molar-refractivity contribution >= 4 is 27.5 Å². The molecule has 1 amide bonds. The lowest BCUT2D eigenvalue weighted by Gasteiger charge is -2.25. The second-order valence-corrected chi connectivity index (χ2v) is 6.80. The predicted molar refractivity (Wildman–Crippen MR) is 92.6 cm³/mol. The zero-order valence-corrected chi connectivity index (χ0v) is 14.6. The van der Waals surface area contributed by atoms with Crippen LogP contribution in [0.3, 0.4) is 0 Å². The Morgan fingerprint density at radius 3 is 2.83 bits per heavy atom. The van der Waals surface area contributed by atoms with Crippen LogP contribution in [-0.2, 0) is 9.53 Å². The third-order valence-corrected chi connectivity index (χ3v) is 5.13. The maximum absolute atomic E-state index is 12.9. The van der Waals surface area contributed by atoms with Gasteiger partial charge in [0.05, 0.1) is 12.3 Å². The van der Waals surface area contributed by atoms with Crippen LogP contribution in [0.15, 0.2) is 56.7 Å². The number of hydrogen-bond acceptors (Lipinski definition) is 4. The molecular weight excluding hydrogens is 372 g/mol. The highest BCUT2D eigenvalue weighted by Crippen LogP contribution is 2.37. The van der Waals surface area contributed by atoms with Crippen LogP contribution in [0.25, 0.3) is 0 Å². The number of ether oxygens (including phenoxy) is 1. The summed E-state index contributed by atoms with van der Waals surface area (Å²) in [6, 6.07) is 11.5. The third kappa shape index (κ3) is 2.80. The molecule has 2 aliphatic heterocycles. The lowest BCUT2D eigenvalue weighted by molar-refractivity contribution is -0.142. The Labute approximate surface area is 148 Å². The van der Waals surface area contributed by atoms with Crippen molar-refractivity contribution in [2.75, 3.05) is 6.61 Å². The second-order valence-electron chi connectivity index (χ2n) is 5.95. The van der Waals surface area contributed by atoms with E-state index >= 15 is 0 Å².